The average molecular weight is 254 g/mol. The summed E-state index contributed by atoms with van der Waals surface area (Å²) in [6, 6.07) is 0.803. The molecule has 0 aromatic heterocycles. The molecule has 0 heterocycles. The van der Waals surface area contributed by atoms with Crippen molar-refractivity contribution in [3.8, 4) is 0 Å². The molecule has 1 fully saturated rings. The molecule has 0 aromatic carbocycles. The second-order valence-corrected chi connectivity index (χ2v) is 6.41. The highest BCUT2D eigenvalue weighted by molar-refractivity contribution is 4.85. The van der Waals surface area contributed by atoms with Crippen molar-refractivity contribution in [2.45, 2.75) is 71.8 Å². The van der Waals surface area contributed by atoms with Gasteiger partial charge >= 0.3 is 0 Å². The van der Waals surface area contributed by atoms with Crippen molar-refractivity contribution in [3.05, 3.63) is 0 Å². The highest BCUT2D eigenvalue weighted by Gasteiger charge is 2.30. The Balaban J connectivity index is 2.47. The predicted molar refractivity (Wildman–Crippen MR) is 80.7 cm³/mol. The van der Waals surface area contributed by atoms with Crippen LogP contribution < -0.4 is 5.73 Å². The summed E-state index contributed by atoms with van der Waals surface area (Å²) in [7, 11) is 2.31. The van der Waals surface area contributed by atoms with E-state index in [9.17, 15) is 0 Å². The second-order valence-electron chi connectivity index (χ2n) is 6.41. The van der Waals surface area contributed by atoms with Gasteiger partial charge in [0.05, 0.1) is 0 Å². The third-order valence-corrected chi connectivity index (χ3v) is 5.53. The van der Waals surface area contributed by atoms with Crippen molar-refractivity contribution in [1.29, 1.82) is 0 Å². The van der Waals surface area contributed by atoms with E-state index in [1.165, 1.54) is 51.5 Å². The van der Waals surface area contributed by atoms with E-state index in [0.717, 1.165) is 18.5 Å². The van der Waals surface area contributed by atoms with E-state index in [2.05, 4.69) is 32.7 Å². The summed E-state index contributed by atoms with van der Waals surface area (Å²) >= 11 is 0. The first-order chi connectivity index (χ1) is 8.60. The lowest BCUT2D eigenvalue weighted by Gasteiger charge is -2.40. The zero-order valence-electron chi connectivity index (χ0n) is 13.0. The largest absolute Gasteiger partial charge is 0.330 e. The van der Waals surface area contributed by atoms with Gasteiger partial charge in [0.15, 0.2) is 0 Å². The van der Waals surface area contributed by atoms with Gasteiger partial charge in [-0.3, -0.25) is 0 Å². The van der Waals surface area contributed by atoms with E-state index in [-0.39, 0.29) is 0 Å². The Morgan fingerprint density at radius 3 is 2.00 bits per heavy atom. The zero-order valence-corrected chi connectivity index (χ0v) is 13.0. The van der Waals surface area contributed by atoms with Crippen molar-refractivity contribution < 1.29 is 0 Å². The summed E-state index contributed by atoms with van der Waals surface area (Å²) in [5, 5.41) is 0. The number of nitrogens with two attached hydrogens (primary N) is 1. The topological polar surface area (TPSA) is 29.3 Å². The smallest absolute Gasteiger partial charge is 0.00926 e. The summed E-state index contributed by atoms with van der Waals surface area (Å²) in [6.07, 6.45) is 9.42. The first-order valence-electron chi connectivity index (χ1n) is 8.01. The van der Waals surface area contributed by atoms with Crippen molar-refractivity contribution in [2.75, 3.05) is 20.1 Å². The maximum atomic E-state index is 6.02. The predicted octanol–water partition coefficient (Wildman–Crippen LogP) is 3.65. The fourth-order valence-corrected chi connectivity index (χ4v) is 3.48. The summed E-state index contributed by atoms with van der Waals surface area (Å²) in [6.45, 7) is 8.92. The molecule has 1 aliphatic rings. The zero-order chi connectivity index (χ0) is 13.6. The molecule has 0 radical (unpaired) electrons. The van der Waals surface area contributed by atoms with Gasteiger partial charge in [-0.1, -0.05) is 27.2 Å². The molecule has 1 saturated carbocycles. The number of hydrogen-bond acceptors (Lipinski definition) is 2. The van der Waals surface area contributed by atoms with Gasteiger partial charge in [-0.15, -0.1) is 0 Å². The van der Waals surface area contributed by atoms with Gasteiger partial charge in [0, 0.05) is 12.6 Å². The molecule has 0 unspecified atom stereocenters. The Hall–Kier alpha value is -0.0800. The van der Waals surface area contributed by atoms with E-state index in [0.29, 0.717) is 5.41 Å². The highest BCUT2D eigenvalue weighted by Crippen LogP contribution is 2.32. The molecular formula is C16H34N2. The van der Waals surface area contributed by atoms with Gasteiger partial charge < -0.3 is 10.6 Å². The van der Waals surface area contributed by atoms with Crippen LogP contribution in [0.2, 0.25) is 0 Å². The summed E-state index contributed by atoms with van der Waals surface area (Å²) in [4.78, 5) is 2.60. The maximum Gasteiger partial charge on any atom is 0.00926 e. The molecule has 0 atom stereocenters. The van der Waals surface area contributed by atoms with Gasteiger partial charge in [0.1, 0.15) is 0 Å². The Kier molecular flexibility index (Phi) is 6.65. The van der Waals surface area contributed by atoms with Crippen LogP contribution in [0, 0.1) is 11.3 Å². The molecule has 108 valence electrons. The minimum absolute atomic E-state index is 0.344. The molecule has 2 N–H and O–H groups in total. The van der Waals surface area contributed by atoms with E-state index in [1.54, 1.807) is 0 Å². The fraction of sp³-hybridized carbons (Fsp3) is 1.00. The van der Waals surface area contributed by atoms with Crippen LogP contribution in [-0.2, 0) is 0 Å². The van der Waals surface area contributed by atoms with E-state index in [4.69, 9.17) is 5.73 Å². The normalized spacial score (nSPS) is 25.7. The minimum Gasteiger partial charge on any atom is -0.330 e. The molecule has 0 amide bonds. The van der Waals surface area contributed by atoms with E-state index >= 15 is 0 Å². The quantitative estimate of drug-likeness (QED) is 0.751. The molecule has 1 rings (SSSR count). The molecule has 18 heavy (non-hydrogen) atoms. The lowest BCUT2D eigenvalue weighted by atomic mass is 9.80. The molecule has 0 spiro atoms. The second kappa shape index (κ2) is 7.49. The number of hydrogen-bond donors (Lipinski definition) is 1. The lowest BCUT2D eigenvalue weighted by Crippen LogP contribution is -2.45. The van der Waals surface area contributed by atoms with Crippen molar-refractivity contribution >= 4 is 0 Å². The third kappa shape index (κ3) is 3.96. The summed E-state index contributed by atoms with van der Waals surface area (Å²) in [5.74, 6) is 0.992. The van der Waals surface area contributed by atoms with Crippen LogP contribution in [-0.4, -0.2) is 31.1 Å². The van der Waals surface area contributed by atoms with E-state index < -0.39 is 0 Å². The maximum absolute atomic E-state index is 6.02. The summed E-state index contributed by atoms with van der Waals surface area (Å²) < 4.78 is 0. The van der Waals surface area contributed by atoms with Crippen LogP contribution in [0.4, 0.5) is 0 Å². The first kappa shape index (κ1) is 16.0. The molecule has 1 aliphatic carbocycles. The van der Waals surface area contributed by atoms with E-state index in [1.807, 2.05) is 0 Å². The van der Waals surface area contributed by atoms with Gasteiger partial charge in [0.2, 0.25) is 0 Å². The molecule has 2 heteroatoms. The first-order valence-corrected chi connectivity index (χ1v) is 8.01. The van der Waals surface area contributed by atoms with Gasteiger partial charge in [-0.2, -0.15) is 0 Å². The Morgan fingerprint density at radius 2 is 1.61 bits per heavy atom. The van der Waals surface area contributed by atoms with Crippen LogP contribution in [0.1, 0.15) is 65.7 Å². The highest BCUT2D eigenvalue weighted by atomic mass is 15.1. The molecule has 0 aromatic rings. The fourth-order valence-electron chi connectivity index (χ4n) is 3.48. The van der Waals surface area contributed by atoms with Crippen molar-refractivity contribution in [3.63, 3.8) is 0 Å². The SMILES string of the molecule is CCC1CCC(N(C)CC(CC)(CC)CN)CC1. The van der Waals surface area contributed by atoms with Crippen LogP contribution in [0.5, 0.6) is 0 Å². The average Bonchev–Trinajstić information content (AvgIpc) is 2.45. The van der Waals surface area contributed by atoms with Crippen LogP contribution >= 0.6 is 0 Å². The van der Waals surface area contributed by atoms with Gasteiger partial charge in [0.25, 0.3) is 0 Å². The number of rotatable bonds is 7. The van der Waals surface area contributed by atoms with Gasteiger partial charge in [-0.05, 0) is 63.5 Å². The Morgan fingerprint density at radius 1 is 1.06 bits per heavy atom. The van der Waals surface area contributed by atoms with Crippen molar-refractivity contribution in [2.24, 2.45) is 17.1 Å². The minimum atomic E-state index is 0.344. The van der Waals surface area contributed by atoms with Crippen molar-refractivity contribution in [1.82, 2.24) is 4.90 Å². The monoisotopic (exact) mass is 254 g/mol. The molecule has 0 aliphatic heterocycles. The Bertz CT molecular complexity index is 207. The molecule has 2 nitrogen and oxygen atoms in total. The van der Waals surface area contributed by atoms with Gasteiger partial charge in [-0.25, -0.2) is 0 Å². The van der Waals surface area contributed by atoms with Crippen LogP contribution in [0.25, 0.3) is 0 Å². The van der Waals surface area contributed by atoms with Crippen LogP contribution in [0.3, 0.4) is 0 Å². The molecule has 0 bridgehead atoms. The lowest BCUT2D eigenvalue weighted by molar-refractivity contribution is 0.0983. The third-order valence-electron chi connectivity index (χ3n) is 5.53. The Labute approximate surface area is 114 Å². The molecule has 0 saturated heterocycles. The van der Waals surface area contributed by atoms with Crippen LogP contribution in [0.15, 0.2) is 0 Å². The molecular weight excluding hydrogens is 220 g/mol. The standard InChI is InChI=1S/C16H34N2/c1-5-14-8-10-15(11-9-14)18(4)13-16(6-2,7-3)12-17/h14-15H,5-13,17H2,1-4H3. The summed E-state index contributed by atoms with van der Waals surface area (Å²) in [5.41, 5.74) is 6.37. The number of nitrogens with zero attached hydrogens (tertiary/aromatic N) is 1.